The summed E-state index contributed by atoms with van der Waals surface area (Å²) >= 11 is 0. The van der Waals surface area contributed by atoms with Gasteiger partial charge in [0.1, 0.15) is 24.5 Å². The van der Waals surface area contributed by atoms with E-state index in [0.717, 1.165) is 18.0 Å². The van der Waals surface area contributed by atoms with Crippen molar-refractivity contribution in [3.05, 3.63) is 47.9 Å². The molecule has 0 radical (unpaired) electrons. The Kier molecular flexibility index (Phi) is 5.45. The lowest BCUT2D eigenvalue weighted by Gasteiger charge is -2.20. The molecule has 0 aliphatic heterocycles. The number of ether oxygens (including phenoxy) is 2. The molecule has 7 nitrogen and oxygen atoms in total. The molecule has 0 saturated heterocycles. The molecule has 3 aromatic rings. The van der Waals surface area contributed by atoms with E-state index in [1.807, 2.05) is 18.0 Å². The SMILES string of the molecule is COCc1cc(N(C)CCOc2ccc(C(F)(F)F)cc2)n2ncnc2n1. The fraction of sp³-hybridized carbons (Fsp3) is 0.353. The van der Waals surface area contributed by atoms with Crippen LogP contribution in [0.1, 0.15) is 11.3 Å². The molecule has 10 heteroatoms. The lowest BCUT2D eigenvalue weighted by Crippen LogP contribution is -2.26. The molecule has 3 rings (SSSR count). The minimum Gasteiger partial charge on any atom is -0.492 e. The maximum atomic E-state index is 12.6. The predicted octanol–water partition coefficient (Wildman–Crippen LogP) is 2.80. The predicted molar refractivity (Wildman–Crippen MR) is 91.7 cm³/mol. The molecule has 1 aromatic carbocycles. The third-order valence-corrected chi connectivity index (χ3v) is 3.85. The van der Waals surface area contributed by atoms with Crippen LogP contribution >= 0.6 is 0 Å². The number of alkyl halides is 3. The van der Waals surface area contributed by atoms with Crippen LogP contribution in [0.25, 0.3) is 5.78 Å². The van der Waals surface area contributed by atoms with Gasteiger partial charge >= 0.3 is 6.18 Å². The number of fused-ring (bicyclic) bond motifs is 1. The van der Waals surface area contributed by atoms with E-state index < -0.39 is 11.7 Å². The van der Waals surface area contributed by atoms with Crippen LogP contribution in [0.4, 0.5) is 19.0 Å². The van der Waals surface area contributed by atoms with E-state index in [-0.39, 0.29) is 6.61 Å². The first-order valence-electron chi connectivity index (χ1n) is 8.08. The number of anilines is 1. The summed E-state index contributed by atoms with van der Waals surface area (Å²) in [5, 5.41) is 4.15. The minimum absolute atomic E-state index is 0.278. The molecule has 0 spiro atoms. The molecule has 2 heterocycles. The topological polar surface area (TPSA) is 64.8 Å². The quantitative estimate of drug-likeness (QED) is 0.627. The van der Waals surface area contributed by atoms with Gasteiger partial charge in [-0.05, 0) is 24.3 Å². The van der Waals surface area contributed by atoms with E-state index in [0.29, 0.717) is 30.4 Å². The highest BCUT2D eigenvalue weighted by molar-refractivity contribution is 5.46. The van der Waals surface area contributed by atoms with Crippen LogP contribution in [-0.4, -0.2) is 46.9 Å². The van der Waals surface area contributed by atoms with Gasteiger partial charge in [-0.1, -0.05) is 0 Å². The summed E-state index contributed by atoms with van der Waals surface area (Å²) in [6.07, 6.45) is -2.95. The van der Waals surface area contributed by atoms with Gasteiger partial charge in [-0.2, -0.15) is 27.8 Å². The molecule has 0 unspecified atom stereocenters. The molecule has 0 amide bonds. The second-order valence-corrected chi connectivity index (χ2v) is 5.80. The highest BCUT2D eigenvalue weighted by atomic mass is 19.4. The second-order valence-electron chi connectivity index (χ2n) is 5.80. The average Bonchev–Trinajstić information content (AvgIpc) is 3.09. The van der Waals surface area contributed by atoms with Gasteiger partial charge in [-0.15, -0.1) is 0 Å². The number of likely N-dealkylation sites (N-methyl/N-ethyl adjacent to an activating group) is 1. The Bertz CT molecular complexity index is 896. The maximum Gasteiger partial charge on any atom is 0.416 e. The highest BCUT2D eigenvalue weighted by Gasteiger charge is 2.30. The van der Waals surface area contributed by atoms with Crippen molar-refractivity contribution in [1.29, 1.82) is 0 Å². The standard InChI is InChI=1S/C17H18F3N5O2/c1-24(7-8-27-14-5-3-12(4-6-14)17(18,19)20)15-9-13(10-26-2)23-16-21-11-22-25(15)16/h3-6,9,11H,7-8,10H2,1-2H3. The van der Waals surface area contributed by atoms with Crippen molar-refractivity contribution < 1.29 is 22.6 Å². The smallest absolute Gasteiger partial charge is 0.416 e. The second kappa shape index (κ2) is 7.78. The summed E-state index contributed by atoms with van der Waals surface area (Å²) in [7, 11) is 3.43. The molecular weight excluding hydrogens is 363 g/mol. The minimum atomic E-state index is -4.36. The Labute approximate surface area is 153 Å². The number of hydrogen-bond acceptors (Lipinski definition) is 6. The van der Waals surface area contributed by atoms with Crippen molar-refractivity contribution in [2.75, 3.05) is 32.2 Å². The number of nitrogens with zero attached hydrogens (tertiary/aromatic N) is 5. The van der Waals surface area contributed by atoms with E-state index in [9.17, 15) is 13.2 Å². The Morgan fingerprint density at radius 2 is 1.93 bits per heavy atom. The molecule has 0 N–H and O–H groups in total. The third kappa shape index (κ3) is 4.45. The van der Waals surface area contributed by atoms with Crippen LogP contribution in [-0.2, 0) is 17.5 Å². The van der Waals surface area contributed by atoms with Gasteiger partial charge in [0.15, 0.2) is 0 Å². The van der Waals surface area contributed by atoms with Crippen LogP contribution in [0.2, 0.25) is 0 Å². The van der Waals surface area contributed by atoms with Crippen LogP contribution in [0.15, 0.2) is 36.7 Å². The zero-order valence-corrected chi connectivity index (χ0v) is 14.8. The average molecular weight is 381 g/mol. The Morgan fingerprint density at radius 3 is 2.59 bits per heavy atom. The van der Waals surface area contributed by atoms with E-state index >= 15 is 0 Å². The summed E-state index contributed by atoms with van der Waals surface area (Å²) < 4.78 is 50.0. The van der Waals surface area contributed by atoms with Crippen LogP contribution < -0.4 is 9.64 Å². The summed E-state index contributed by atoms with van der Waals surface area (Å²) in [6.45, 7) is 1.10. The summed E-state index contributed by atoms with van der Waals surface area (Å²) in [6, 6.07) is 6.45. The first kappa shape index (κ1) is 18.9. The van der Waals surface area contributed by atoms with Gasteiger partial charge in [-0.3, -0.25) is 0 Å². The monoisotopic (exact) mass is 381 g/mol. The number of halogens is 3. The molecule has 0 bridgehead atoms. The van der Waals surface area contributed by atoms with Crippen molar-refractivity contribution in [2.45, 2.75) is 12.8 Å². The number of benzene rings is 1. The van der Waals surface area contributed by atoms with Crippen molar-refractivity contribution in [1.82, 2.24) is 19.6 Å². The van der Waals surface area contributed by atoms with Crippen LogP contribution in [0.5, 0.6) is 5.75 Å². The zero-order valence-electron chi connectivity index (χ0n) is 14.8. The molecule has 27 heavy (non-hydrogen) atoms. The van der Waals surface area contributed by atoms with E-state index in [4.69, 9.17) is 9.47 Å². The van der Waals surface area contributed by atoms with Gasteiger partial charge in [0, 0.05) is 20.2 Å². The number of methoxy groups -OCH3 is 1. The third-order valence-electron chi connectivity index (χ3n) is 3.85. The Hall–Kier alpha value is -2.88. The number of hydrogen-bond donors (Lipinski definition) is 0. The van der Waals surface area contributed by atoms with Crippen LogP contribution in [0, 0.1) is 0 Å². The van der Waals surface area contributed by atoms with Gasteiger partial charge in [-0.25, -0.2) is 4.98 Å². The molecule has 0 atom stereocenters. The van der Waals surface area contributed by atoms with E-state index in [2.05, 4.69) is 15.1 Å². The fourth-order valence-electron chi connectivity index (χ4n) is 2.49. The fourth-order valence-corrected chi connectivity index (χ4v) is 2.49. The van der Waals surface area contributed by atoms with Gasteiger partial charge in [0.25, 0.3) is 5.78 Å². The summed E-state index contributed by atoms with van der Waals surface area (Å²) in [4.78, 5) is 10.3. The lowest BCUT2D eigenvalue weighted by molar-refractivity contribution is -0.137. The van der Waals surface area contributed by atoms with Crippen molar-refractivity contribution in [2.24, 2.45) is 0 Å². The highest BCUT2D eigenvalue weighted by Crippen LogP contribution is 2.30. The maximum absolute atomic E-state index is 12.6. The molecule has 0 fully saturated rings. The van der Waals surface area contributed by atoms with Crippen LogP contribution in [0.3, 0.4) is 0 Å². The van der Waals surface area contributed by atoms with E-state index in [1.54, 1.807) is 11.6 Å². The van der Waals surface area contributed by atoms with Crippen molar-refractivity contribution >= 4 is 11.6 Å². The first-order valence-corrected chi connectivity index (χ1v) is 8.08. The number of aromatic nitrogens is 4. The zero-order chi connectivity index (χ0) is 19.4. The molecule has 144 valence electrons. The molecular formula is C17H18F3N5O2. The van der Waals surface area contributed by atoms with E-state index in [1.165, 1.54) is 18.5 Å². The summed E-state index contributed by atoms with van der Waals surface area (Å²) in [5.41, 5.74) is 0.00603. The first-order chi connectivity index (χ1) is 12.9. The molecule has 0 aliphatic carbocycles. The largest absolute Gasteiger partial charge is 0.492 e. The molecule has 0 saturated carbocycles. The number of rotatable bonds is 7. The van der Waals surface area contributed by atoms with Crippen molar-refractivity contribution in [3.63, 3.8) is 0 Å². The molecule has 0 aliphatic rings. The van der Waals surface area contributed by atoms with Gasteiger partial charge in [0.05, 0.1) is 24.4 Å². The Balaban J connectivity index is 1.65. The van der Waals surface area contributed by atoms with Gasteiger partial charge in [0.2, 0.25) is 0 Å². The summed E-state index contributed by atoms with van der Waals surface area (Å²) in [5.74, 6) is 1.58. The molecule has 2 aromatic heterocycles. The Morgan fingerprint density at radius 1 is 1.19 bits per heavy atom. The normalized spacial score (nSPS) is 11.7. The lowest BCUT2D eigenvalue weighted by atomic mass is 10.2. The van der Waals surface area contributed by atoms with Gasteiger partial charge < -0.3 is 14.4 Å². The van der Waals surface area contributed by atoms with Crippen molar-refractivity contribution in [3.8, 4) is 5.75 Å².